The highest BCUT2D eigenvalue weighted by atomic mass is 16.5. The number of ketones is 1. The lowest BCUT2D eigenvalue weighted by Crippen LogP contribution is -3.13. The van der Waals surface area contributed by atoms with E-state index in [9.17, 15) is 4.79 Å². The molecule has 1 aromatic rings. The Morgan fingerprint density at radius 2 is 1.87 bits per heavy atom. The summed E-state index contributed by atoms with van der Waals surface area (Å²) in [6.45, 7) is 8.81. The highest BCUT2D eigenvalue weighted by molar-refractivity contribution is 5.75. The molecule has 0 aromatic heterocycles. The number of benzene rings is 1. The summed E-state index contributed by atoms with van der Waals surface area (Å²) in [5.41, 5.74) is 1.20. The highest BCUT2D eigenvalue weighted by Crippen LogP contribution is 2.14. The van der Waals surface area contributed by atoms with Crippen LogP contribution in [0.25, 0.3) is 0 Å². The Bertz CT molecular complexity index is 461. The lowest BCUT2D eigenvalue weighted by atomic mass is 9.99. The fourth-order valence-corrected chi connectivity index (χ4v) is 3.16. The second-order valence-corrected chi connectivity index (χ2v) is 7.08. The first kappa shape index (κ1) is 18.0. The van der Waals surface area contributed by atoms with Crippen molar-refractivity contribution < 1.29 is 14.4 Å². The smallest absolute Gasteiger partial charge is 0.130 e. The lowest BCUT2D eigenvalue weighted by molar-refractivity contribution is -0.906. The number of rotatable bonds is 9. The maximum atomic E-state index is 11.0. The summed E-state index contributed by atoms with van der Waals surface area (Å²) in [7, 11) is 0. The van der Waals surface area contributed by atoms with Crippen LogP contribution in [0.15, 0.2) is 24.3 Å². The number of likely N-dealkylation sites (tertiary alicyclic amines) is 1. The minimum atomic E-state index is 0.246. The van der Waals surface area contributed by atoms with E-state index in [2.05, 4.69) is 19.1 Å². The molecule has 3 heteroatoms. The monoisotopic (exact) mass is 318 g/mol. The van der Waals surface area contributed by atoms with Crippen molar-refractivity contribution in [3.05, 3.63) is 29.8 Å². The number of ether oxygens (including phenoxy) is 1. The molecular weight excluding hydrogens is 286 g/mol. The van der Waals surface area contributed by atoms with E-state index >= 15 is 0 Å². The summed E-state index contributed by atoms with van der Waals surface area (Å²) in [6, 6.07) is 8.17. The molecule has 0 atom stereocenters. The zero-order valence-electron chi connectivity index (χ0n) is 14.8. The Hall–Kier alpha value is -1.35. The number of hydrogen-bond acceptors (Lipinski definition) is 2. The highest BCUT2D eigenvalue weighted by Gasteiger charge is 2.17. The number of Topliss-reactive ketones (excluding diaryl/α,β-unsaturated/α-hetero) is 1. The normalized spacial score (nSPS) is 21.1. The van der Waals surface area contributed by atoms with Crippen molar-refractivity contribution in [2.24, 2.45) is 5.92 Å². The summed E-state index contributed by atoms with van der Waals surface area (Å²) < 4.78 is 5.82. The van der Waals surface area contributed by atoms with E-state index in [1.807, 2.05) is 12.1 Å². The van der Waals surface area contributed by atoms with Gasteiger partial charge in [-0.05, 0) is 62.6 Å². The second kappa shape index (κ2) is 9.71. The molecule has 23 heavy (non-hydrogen) atoms. The molecule has 0 spiro atoms. The molecule has 2 rings (SSSR count). The van der Waals surface area contributed by atoms with Crippen LogP contribution >= 0.6 is 0 Å². The third-order valence-corrected chi connectivity index (χ3v) is 4.86. The van der Waals surface area contributed by atoms with Gasteiger partial charge in [0.15, 0.2) is 0 Å². The van der Waals surface area contributed by atoms with Crippen molar-refractivity contribution in [1.82, 2.24) is 0 Å². The Balaban J connectivity index is 1.56. The molecule has 128 valence electrons. The molecule has 0 aliphatic carbocycles. The van der Waals surface area contributed by atoms with Crippen LogP contribution in [0, 0.1) is 5.92 Å². The Morgan fingerprint density at radius 3 is 2.52 bits per heavy atom. The van der Waals surface area contributed by atoms with Gasteiger partial charge >= 0.3 is 0 Å². The summed E-state index contributed by atoms with van der Waals surface area (Å²) >= 11 is 0. The van der Waals surface area contributed by atoms with Crippen LogP contribution in [0.4, 0.5) is 0 Å². The van der Waals surface area contributed by atoms with E-state index < -0.39 is 0 Å². The maximum absolute atomic E-state index is 11.0. The quantitative estimate of drug-likeness (QED) is 0.710. The zero-order chi connectivity index (χ0) is 16.5. The largest absolute Gasteiger partial charge is 0.494 e. The molecule has 0 amide bonds. The summed E-state index contributed by atoms with van der Waals surface area (Å²) in [6.07, 6.45) is 6.61. The van der Waals surface area contributed by atoms with Gasteiger partial charge in [-0.15, -0.1) is 0 Å². The van der Waals surface area contributed by atoms with Gasteiger partial charge in [-0.3, -0.25) is 0 Å². The van der Waals surface area contributed by atoms with Crippen LogP contribution in [0.1, 0.15) is 51.5 Å². The number of quaternary nitrogens is 1. The van der Waals surface area contributed by atoms with Gasteiger partial charge in [0.1, 0.15) is 11.5 Å². The maximum Gasteiger partial charge on any atom is 0.130 e. The van der Waals surface area contributed by atoms with E-state index in [4.69, 9.17) is 4.74 Å². The van der Waals surface area contributed by atoms with Gasteiger partial charge in [0.2, 0.25) is 0 Å². The molecule has 1 aliphatic rings. The van der Waals surface area contributed by atoms with Gasteiger partial charge in [0.05, 0.1) is 26.2 Å². The third kappa shape index (κ3) is 7.17. The Morgan fingerprint density at radius 1 is 1.17 bits per heavy atom. The van der Waals surface area contributed by atoms with Crippen LogP contribution < -0.4 is 9.64 Å². The van der Waals surface area contributed by atoms with Crippen molar-refractivity contribution in [2.45, 2.75) is 52.4 Å². The van der Waals surface area contributed by atoms with Crippen LogP contribution in [0.5, 0.6) is 5.75 Å². The van der Waals surface area contributed by atoms with Crippen LogP contribution in [0.3, 0.4) is 0 Å². The molecule has 0 radical (unpaired) electrons. The average Bonchev–Trinajstić information content (AvgIpc) is 2.55. The van der Waals surface area contributed by atoms with Gasteiger partial charge in [-0.25, -0.2) is 0 Å². The van der Waals surface area contributed by atoms with Gasteiger partial charge in [-0.2, -0.15) is 0 Å². The van der Waals surface area contributed by atoms with Gasteiger partial charge in [-0.1, -0.05) is 19.1 Å². The molecule has 0 unspecified atom stereocenters. The molecule has 0 bridgehead atoms. The minimum absolute atomic E-state index is 0.246. The fourth-order valence-electron chi connectivity index (χ4n) is 3.16. The average molecular weight is 318 g/mol. The summed E-state index contributed by atoms with van der Waals surface area (Å²) in [5.74, 6) is 2.12. The van der Waals surface area contributed by atoms with Crippen LogP contribution in [-0.4, -0.2) is 32.0 Å². The van der Waals surface area contributed by atoms with Crippen LogP contribution in [0.2, 0.25) is 0 Å². The topological polar surface area (TPSA) is 30.7 Å². The fraction of sp³-hybridized carbons (Fsp3) is 0.650. The van der Waals surface area contributed by atoms with Crippen molar-refractivity contribution in [3.63, 3.8) is 0 Å². The molecule has 1 heterocycles. The van der Waals surface area contributed by atoms with E-state index in [1.165, 1.54) is 44.5 Å². The summed E-state index contributed by atoms with van der Waals surface area (Å²) in [4.78, 5) is 12.8. The molecular formula is C20H32NO2+. The number of hydrogen-bond donors (Lipinski definition) is 1. The van der Waals surface area contributed by atoms with Crippen molar-refractivity contribution in [1.29, 1.82) is 0 Å². The molecule has 1 aliphatic heterocycles. The predicted octanol–water partition coefficient (Wildman–Crippen LogP) is 2.68. The zero-order valence-corrected chi connectivity index (χ0v) is 14.8. The van der Waals surface area contributed by atoms with E-state index in [1.54, 1.807) is 11.8 Å². The first-order valence-electron chi connectivity index (χ1n) is 9.18. The van der Waals surface area contributed by atoms with Crippen molar-refractivity contribution in [2.75, 3.05) is 26.2 Å². The Labute approximate surface area is 141 Å². The first-order chi connectivity index (χ1) is 11.1. The predicted molar refractivity (Wildman–Crippen MR) is 94.1 cm³/mol. The number of unbranched alkanes of at least 4 members (excludes halogenated alkanes) is 1. The number of aryl methyl sites for hydroxylation is 1. The molecule has 1 saturated heterocycles. The molecule has 1 N–H and O–H groups in total. The van der Waals surface area contributed by atoms with Gasteiger partial charge in [0, 0.05) is 6.42 Å². The van der Waals surface area contributed by atoms with E-state index in [0.29, 0.717) is 6.42 Å². The number of nitrogens with one attached hydrogen (secondary N) is 1. The summed E-state index contributed by atoms with van der Waals surface area (Å²) in [5, 5.41) is 0. The SMILES string of the molecule is CC(=O)CCc1ccc(OCCCC[NH+]2CCC(C)CC2)cc1. The Kier molecular flexibility index (Phi) is 7.60. The molecule has 3 nitrogen and oxygen atoms in total. The lowest BCUT2D eigenvalue weighted by Gasteiger charge is -2.27. The first-order valence-corrected chi connectivity index (χ1v) is 9.18. The second-order valence-electron chi connectivity index (χ2n) is 7.08. The van der Waals surface area contributed by atoms with Gasteiger partial charge in [0.25, 0.3) is 0 Å². The molecule has 1 aromatic carbocycles. The third-order valence-electron chi connectivity index (χ3n) is 4.86. The molecule has 1 fully saturated rings. The van der Waals surface area contributed by atoms with Crippen molar-refractivity contribution in [3.8, 4) is 5.75 Å². The standard InChI is InChI=1S/C20H31NO2/c1-17-11-14-21(15-12-17)13-3-4-16-23-20-9-7-19(8-10-20)6-5-18(2)22/h7-10,17H,3-6,11-16H2,1-2H3/p+1. The number of piperidine rings is 1. The minimum Gasteiger partial charge on any atom is -0.494 e. The van der Waals surface area contributed by atoms with E-state index in [0.717, 1.165) is 31.1 Å². The number of carbonyl (C=O) groups excluding carboxylic acids is 1. The van der Waals surface area contributed by atoms with E-state index in [-0.39, 0.29) is 5.78 Å². The number of carbonyl (C=O) groups is 1. The van der Waals surface area contributed by atoms with Crippen molar-refractivity contribution >= 4 is 5.78 Å². The molecule has 0 saturated carbocycles. The van der Waals surface area contributed by atoms with Crippen LogP contribution in [-0.2, 0) is 11.2 Å². The van der Waals surface area contributed by atoms with Gasteiger partial charge < -0.3 is 14.4 Å².